The molecule has 0 saturated heterocycles. The smallest absolute Gasteiger partial charge is 0.332 e. The number of nitrogens with zero attached hydrogens (tertiary/aromatic N) is 1. The van der Waals surface area contributed by atoms with Crippen molar-refractivity contribution in [1.82, 2.24) is 9.44 Å². The normalized spacial score (nSPS) is 15.2. The van der Waals surface area contributed by atoms with Gasteiger partial charge in [0.05, 0.1) is 23.0 Å². The summed E-state index contributed by atoms with van der Waals surface area (Å²) in [4.78, 5) is 23.2. The largest absolute Gasteiger partial charge is 0.481 e. The van der Waals surface area contributed by atoms with Crippen molar-refractivity contribution in [3.05, 3.63) is 65.2 Å². The van der Waals surface area contributed by atoms with Crippen molar-refractivity contribution in [3.8, 4) is 18.1 Å². The van der Waals surface area contributed by atoms with Crippen LogP contribution in [0.25, 0.3) is 10.8 Å². The Morgan fingerprint density at radius 3 is 2.42 bits per heavy atom. The predicted octanol–water partition coefficient (Wildman–Crippen LogP) is 2.53. The van der Waals surface area contributed by atoms with Gasteiger partial charge in [0.15, 0.2) is 0 Å². The number of carboxylic acid groups (broad SMARTS) is 1. The van der Waals surface area contributed by atoms with Gasteiger partial charge in [0.1, 0.15) is 12.3 Å². The van der Waals surface area contributed by atoms with Crippen molar-refractivity contribution in [2.75, 3.05) is 10.8 Å². The summed E-state index contributed by atoms with van der Waals surface area (Å²) in [5.41, 5.74) is 1.61. The number of ether oxygens (including phenoxy) is 1. The fourth-order valence-electron chi connectivity index (χ4n) is 4.65. The molecule has 3 aromatic rings. The van der Waals surface area contributed by atoms with Gasteiger partial charge in [0, 0.05) is 17.0 Å². The first-order chi connectivity index (χ1) is 18.7. The molecule has 13 heteroatoms. The zero-order valence-electron chi connectivity index (χ0n) is 21.8. The third kappa shape index (κ3) is 5.66. The van der Waals surface area contributed by atoms with Gasteiger partial charge in [-0.1, -0.05) is 46.4 Å². The van der Waals surface area contributed by atoms with Crippen LogP contribution in [0.3, 0.4) is 0 Å². The highest BCUT2D eigenvalue weighted by Crippen LogP contribution is 2.36. The van der Waals surface area contributed by atoms with Crippen molar-refractivity contribution in [2.24, 2.45) is 0 Å². The number of hydrogen-bond donors (Lipinski definition) is 3. The zero-order chi connectivity index (χ0) is 29.4. The first kappa shape index (κ1) is 29.0. The van der Waals surface area contributed by atoms with Crippen molar-refractivity contribution in [1.29, 1.82) is 0 Å². The molecule has 0 aliphatic carbocycles. The van der Waals surface area contributed by atoms with Crippen molar-refractivity contribution in [2.45, 2.75) is 44.2 Å². The highest BCUT2D eigenvalue weighted by Gasteiger charge is 2.36. The molecule has 2 bridgehead atoms. The molecule has 0 amide bonds. The number of aryl methyl sites for hydroxylation is 1. The number of sulfonamides is 1. The second kappa shape index (κ2) is 10.9. The number of nitrogens with one attached hydrogen (secondary N) is 2. The average molecular weight is 586 g/mol. The van der Waals surface area contributed by atoms with Gasteiger partial charge in [0.2, 0.25) is 0 Å². The summed E-state index contributed by atoms with van der Waals surface area (Å²) in [6.45, 7) is 4.20. The highest BCUT2D eigenvalue weighted by atomic mass is 32.3. The van der Waals surface area contributed by atoms with Gasteiger partial charge in [-0.25, -0.2) is 17.5 Å². The third-order valence-electron chi connectivity index (χ3n) is 6.45. The zero-order valence-corrected chi connectivity index (χ0v) is 23.5. The Hall–Kier alpha value is -3.96. The molecule has 11 nitrogen and oxygen atoms in total. The number of hydrogen-bond acceptors (Lipinski definition) is 8. The predicted molar refractivity (Wildman–Crippen MR) is 149 cm³/mol. The topological polar surface area (TPSA) is 159 Å². The number of aliphatic carboxylic acids is 1. The lowest BCUT2D eigenvalue weighted by Crippen LogP contribution is -2.46. The van der Waals surface area contributed by atoms with Gasteiger partial charge >= 0.3 is 22.1 Å². The first-order valence-corrected chi connectivity index (χ1v) is 15.0. The van der Waals surface area contributed by atoms with E-state index in [1.165, 1.54) is 24.3 Å². The van der Waals surface area contributed by atoms with E-state index >= 15 is 0 Å². The molecule has 0 fully saturated rings. The van der Waals surface area contributed by atoms with E-state index in [2.05, 4.69) is 11.2 Å². The molecule has 3 N–H and O–H groups in total. The van der Waals surface area contributed by atoms with Crippen LogP contribution in [0.15, 0.2) is 53.4 Å². The fourth-order valence-corrected chi connectivity index (χ4v) is 7.92. The maximum absolute atomic E-state index is 13.5. The molecule has 0 spiro atoms. The minimum atomic E-state index is -4.81. The Balaban J connectivity index is 1.74. The second-order valence-corrected chi connectivity index (χ2v) is 12.9. The molecular weight excluding hydrogens is 558 g/mol. The van der Waals surface area contributed by atoms with Crippen molar-refractivity contribution in [3.63, 3.8) is 0 Å². The first-order valence-electron chi connectivity index (χ1n) is 12.1. The van der Waals surface area contributed by atoms with E-state index in [1.807, 2.05) is 0 Å². The number of terminal acetylenes is 1. The molecule has 1 heterocycles. The van der Waals surface area contributed by atoms with E-state index in [9.17, 15) is 26.4 Å². The van der Waals surface area contributed by atoms with E-state index in [-0.39, 0.29) is 28.1 Å². The van der Waals surface area contributed by atoms with Gasteiger partial charge in [-0.15, -0.1) is 6.42 Å². The SMILES string of the molecule is C#C[C@H](N[C@@H](C)CC(=O)O)c1ccc(S(=O)(=O)NS(=O)(=O)N2CC(=O)Oc3c(C)ccc2c3C)c2ccccc12. The number of rotatable bonds is 9. The Morgan fingerprint density at radius 2 is 1.77 bits per heavy atom. The minimum Gasteiger partial charge on any atom is -0.481 e. The van der Waals surface area contributed by atoms with Crippen molar-refractivity contribution >= 4 is 48.6 Å². The van der Waals surface area contributed by atoms with Crippen LogP contribution in [0.5, 0.6) is 5.75 Å². The van der Waals surface area contributed by atoms with Gasteiger partial charge in [-0.05, 0) is 49.4 Å². The van der Waals surface area contributed by atoms with Crippen LogP contribution >= 0.6 is 0 Å². The van der Waals surface area contributed by atoms with E-state index in [1.54, 1.807) is 49.2 Å². The Labute approximate surface area is 232 Å². The van der Waals surface area contributed by atoms with Crippen LogP contribution in [0.4, 0.5) is 5.69 Å². The summed E-state index contributed by atoms with van der Waals surface area (Å²) in [5.74, 6) is 0.906. The Kier molecular flexibility index (Phi) is 7.91. The van der Waals surface area contributed by atoms with Gasteiger partial charge < -0.3 is 9.84 Å². The summed E-state index contributed by atoms with van der Waals surface area (Å²) < 4.78 is 61.6. The van der Waals surface area contributed by atoms with Crippen LogP contribution in [0.2, 0.25) is 0 Å². The molecule has 1 aliphatic heterocycles. The lowest BCUT2D eigenvalue weighted by molar-refractivity contribution is -0.137. The molecule has 0 saturated carbocycles. The molecule has 3 aromatic carbocycles. The molecule has 0 radical (unpaired) electrons. The van der Waals surface area contributed by atoms with Crippen molar-refractivity contribution < 1.29 is 36.3 Å². The van der Waals surface area contributed by atoms with Gasteiger partial charge in [0.25, 0.3) is 10.0 Å². The third-order valence-corrected chi connectivity index (χ3v) is 10.0. The molecule has 2 atom stereocenters. The van der Waals surface area contributed by atoms with Crippen LogP contribution in [-0.2, 0) is 29.8 Å². The summed E-state index contributed by atoms with van der Waals surface area (Å²) >= 11 is 0. The molecule has 0 unspecified atom stereocenters. The van der Waals surface area contributed by atoms with E-state index < -0.39 is 50.8 Å². The summed E-state index contributed by atoms with van der Waals surface area (Å²) in [5, 5.41) is 12.7. The van der Waals surface area contributed by atoms with E-state index in [4.69, 9.17) is 16.3 Å². The number of carbonyl (C=O) groups is 2. The highest BCUT2D eigenvalue weighted by molar-refractivity contribution is 8.05. The van der Waals surface area contributed by atoms with Crippen LogP contribution in [0, 0.1) is 26.2 Å². The van der Waals surface area contributed by atoms with Crippen LogP contribution in [0.1, 0.15) is 36.1 Å². The molecule has 0 aromatic heterocycles. The van der Waals surface area contributed by atoms with Gasteiger partial charge in [-0.2, -0.15) is 8.42 Å². The van der Waals surface area contributed by atoms with Crippen LogP contribution in [-0.4, -0.2) is 46.5 Å². The summed E-state index contributed by atoms with van der Waals surface area (Å²) in [6.07, 6.45) is 5.54. The average Bonchev–Trinajstić information content (AvgIpc) is 2.95. The maximum Gasteiger partial charge on any atom is 0.332 e. The summed E-state index contributed by atoms with van der Waals surface area (Å²) in [6, 6.07) is 10.9. The molecular formula is C27H27N3O8S2. The Bertz CT molecular complexity index is 1780. The summed E-state index contributed by atoms with van der Waals surface area (Å²) in [7, 11) is -9.52. The Morgan fingerprint density at radius 1 is 1.10 bits per heavy atom. The maximum atomic E-state index is 13.5. The quantitative estimate of drug-likeness (QED) is 0.195. The molecule has 210 valence electrons. The second-order valence-electron chi connectivity index (χ2n) is 9.39. The molecule has 1 aliphatic rings. The molecule has 4 rings (SSSR count). The number of benzene rings is 3. The number of carbonyl (C=O) groups excluding carboxylic acids is 1. The standard InChI is InChI=1S/C27H27N3O8S2/c1-5-22(28-17(3)14-25(31)32)20-11-13-24(21-9-7-6-8-19(20)21)39(34,35)29-40(36,37)30-15-26(33)38-27-16(2)10-12-23(30)18(27)4/h1,6-13,17,22,28-29H,14-15H2,2-4H3,(H,31,32)/t17-,22-/m0/s1. The molecule has 40 heavy (non-hydrogen) atoms. The van der Waals surface area contributed by atoms with E-state index in [0.29, 0.717) is 26.4 Å². The minimum absolute atomic E-state index is 0.104. The lowest BCUT2D eigenvalue weighted by atomic mass is 9.98. The lowest BCUT2D eigenvalue weighted by Gasteiger charge is -2.23. The number of anilines is 1. The monoisotopic (exact) mass is 585 g/mol. The van der Waals surface area contributed by atoms with E-state index in [0.717, 1.165) is 0 Å². The van der Waals surface area contributed by atoms with Gasteiger partial charge in [-0.3, -0.25) is 10.1 Å². The number of esters is 1. The number of carboxylic acids is 1. The fraction of sp³-hybridized carbons (Fsp3) is 0.259. The van der Waals surface area contributed by atoms with Crippen LogP contribution < -0.4 is 18.5 Å². The number of fused-ring (bicyclic) bond motifs is 3.